The Bertz CT molecular complexity index is 496. The molecule has 0 saturated heterocycles. The SMILES string of the molecule is Cn1ccc(CC(CO)c2cccc(F)c2)n1. The van der Waals surface area contributed by atoms with E-state index in [2.05, 4.69) is 5.10 Å². The molecule has 1 heterocycles. The minimum atomic E-state index is -0.276. The molecule has 0 aliphatic heterocycles. The van der Waals surface area contributed by atoms with Crippen molar-refractivity contribution in [3.05, 3.63) is 53.6 Å². The monoisotopic (exact) mass is 234 g/mol. The average molecular weight is 234 g/mol. The van der Waals surface area contributed by atoms with Crippen LogP contribution < -0.4 is 0 Å². The fourth-order valence-corrected chi connectivity index (χ4v) is 1.87. The van der Waals surface area contributed by atoms with Crippen molar-refractivity contribution in [2.75, 3.05) is 6.61 Å². The first-order valence-corrected chi connectivity index (χ1v) is 5.54. The van der Waals surface area contributed by atoms with E-state index >= 15 is 0 Å². The number of aromatic nitrogens is 2. The van der Waals surface area contributed by atoms with Crippen LogP contribution in [0, 0.1) is 5.82 Å². The number of aliphatic hydroxyl groups is 1. The van der Waals surface area contributed by atoms with E-state index in [0.717, 1.165) is 11.3 Å². The van der Waals surface area contributed by atoms with Crippen molar-refractivity contribution in [2.45, 2.75) is 12.3 Å². The molecule has 4 heteroatoms. The lowest BCUT2D eigenvalue weighted by molar-refractivity contribution is 0.263. The van der Waals surface area contributed by atoms with Crippen LogP contribution in [0.15, 0.2) is 36.5 Å². The number of benzene rings is 1. The summed E-state index contributed by atoms with van der Waals surface area (Å²) in [6.45, 7) is -0.0139. The Labute approximate surface area is 99.5 Å². The van der Waals surface area contributed by atoms with Crippen molar-refractivity contribution in [2.24, 2.45) is 7.05 Å². The molecule has 0 saturated carbocycles. The molecular formula is C13H15FN2O. The largest absolute Gasteiger partial charge is 0.396 e. The average Bonchev–Trinajstić information content (AvgIpc) is 2.72. The third kappa shape index (κ3) is 2.91. The quantitative estimate of drug-likeness (QED) is 0.877. The highest BCUT2D eigenvalue weighted by Crippen LogP contribution is 2.20. The number of nitrogens with zero attached hydrogens (tertiary/aromatic N) is 2. The third-order valence-electron chi connectivity index (χ3n) is 2.76. The van der Waals surface area contributed by atoms with Crippen LogP contribution in [0.1, 0.15) is 17.2 Å². The molecule has 0 radical (unpaired) electrons. The normalized spacial score (nSPS) is 12.6. The first kappa shape index (κ1) is 11.8. The molecular weight excluding hydrogens is 219 g/mol. The first-order valence-electron chi connectivity index (χ1n) is 5.54. The van der Waals surface area contributed by atoms with Crippen LogP contribution in [0.4, 0.5) is 4.39 Å². The molecule has 1 unspecified atom stereocenters. The molecule has 0 amide bonds. The molecule has 0 aliphatic carbocycles. The minimum Gasteiger partial charge on any atom is -0.396 e. The van der Waals surface area contributed by atoms with Gasteiger partial charge in [-0.15, -0.1) is 0 Å². The topological polar surface area (TPSA) is 38.0 Å². The maximum atomic E-state index is 13.1. The van der Waals surface area contributed by atoms with Crippen molar-refractivity contribution in [3.8, 4) is 0 Å². The van der Waals surface area contributed by atoms with Crippen molar-refractivity contribution in [1.82, 2.24) is 9.78 Å². The minimum absolute atomic E-state index is 0.0139. The van der Waals surface area contributed by atoms with Crippen LogP contribution in [0.3, 0.4) is 0 Å². The molecule has 1 N–H and O–H groups in total. The highest BCUT2D eigenvalue weighted by molar-refractivity contribution is 5.22. The van der Waals surface area contributed by atoms with Crippen LogP contribution in [0.2, 0.25) is 0 Å². The van der Waals surface area contributed by atoms with Crippen molar-refractivity contribution >= 4 is 0 Å². The van der Waals surface area contributed by atoms with E-state index in [1.54, 1.807) is 10.7 Å². The maximum absolute atomic E-state index is 13.1. The fraction of sp³-hybridized carbons (Fsp3) is 0.308. The molecule has 1 aromatic carbocycles. The molecule has 0 fully saturated rings. The zero-order valence-electron chi connectivity index (χ0n) is 9.68. The zero-order chi connectivity index (χ0) is 12.3. The van der Waals surface area contributed by atoms with E-state index in [9.17, 15) is 9.50 Å². The van der Waals surface area contributed by atoms with Gasteiger partial charge in [-0.25, -0.2) is 4.39 Å². The Morgan fingerprint density at radius 2 is 2.24 bits per heavy atom. The smallest absolute Gasteiger partial charge is 0.123 e. The second-order valence-corrected chi connectivity index (χ2v) is 4.12. The van der Waals surface area contributed by atoms with Crippen LogP contribution in [0.25, 0.3) is 0 Å². The molecule has 1 atom stereocenters. The van der Waals surface area contributed by atoms with E-state index < -0.39 is 0 Å². The third-order valence-corrected chi connectivity index (χ3v) is 2.76. The Kier molecular flexibility index (Phi) is 3.54. The Hall–Kier alpha value is -1.68. The Morgan fingerprint density at radius 3 is 2.82 bits per heavy atom. The molecule has 3 nitrogen and oxygen atoms in total. The van der Waals surface area contributed by atoms with Gasteiger partial charge in [0, 0.05) is 25.6 Å². The van der Waals surface area contributed by atoms with Gasteiger partial charge in [0.05, 0.1) is 12.3 Å². The summed E-state index contributed by atoms with van der Waals surface area (Å²) in [5.74, 6) is -0.387. The number of halogens is 1. The number of rotatable bonds is 4. The van der Waals surface area contributed by atoms with Crippen LogP contribution >= 0.6 is 0 Å². The van der Waals surface area contributed by atoms with Gasteiger partial charge in [-0.05, 0) is 23.8 Å². The highest BCUT2D eigenvalue weighted by atomic mass is 19.1. The van der Waals surface area contributed by atoms with Crippen molar-refractivity contribution < 1.29 is 9.50 Å². The fourth-order valence-electron chi connectivity index (χ4n) is 1.87. The molecule has 17 heavy (non-hydrogen) atoms. The number of aryl methyl sites for hydroxylation is 1. The highest BCUT2D eigenvalue weighted by Gasteiger charge is 2.13. The summed E-state index contributed by atoms with van der Waals surface area (Å²) in [6.07, 6.45) is 2.47. The zero-order valence-corrected chi connectivity index (χ0v) is 9.68. The second-order valence-electron chi connectivity index (χ2n) is 4.12. The van der Waals surface area contributed by atoms with Gasteiger partial charge >= 0.3 is 0 Å². The van der Waals surface area contributed by atoms with Crippen LogP contribution in [-0.4, -0.2) is 21.5 Å². The van der Waals surface area contributed by atoms with Gasteiger partial charge in [0.15, 0.2) is 0 Å². The van der Waals surface area contributed by atoms with Gasteiger partial charge in [0.2, 0.25) is 0 Å². The molecule has 0 aliphatic rings. The van der Waals surface area contributed by atoms with E-state index in [-0.39, 0.29) is 18.3 Å². The Morgan fingerprint density at radius 1 is 1.41 bits per heavy atom. The van der Waals surface area contributed by atoms with Crippen molar-refractivity contribution in [1.29, 1.82) is 0 Å². The lowest BCUT2D eigenvalue weighted by Gasteiger charge is -2.13. The van der Waals surface area contributed by atoms with Gasteiger partial charge in [-0.2, -0.15) is 5.10 Å². The molecule has 2 rings (SSSR count). The van der Waals surface area contributed by atoms with Gasteiger partial charge in [-0.1, -0.05) is 12.1 Å². The van der Waals surface area contributed by atoms with Gasteiger partial charge in [-0.3, -0.25) is 4.68 Å². The van der Waals surface area contributed by atoms with Crippen LogP contribution in [0.5, 0.6) is 0 Å². The summed E-state index contributed by atoms with van der Waals surface area (Å²) >= 11 is 0. The summed E-state index contributed by atoms with van der Waals surface area (Å²) in [7, 11) is 1.85. The molecule has 0 spiro atoms. The lowest BCUT2D eigenvalue weighted by Crippen LogP contribution is -2.08. The maximum Gasteiger partial charge on any atom is 0.123 e. The van der Waals surface area contributed by atoms with Crippen molar-refractivity contribution in [3.63, 3.8) is 0 Å². The predicted octanol–water partition coefficient (Wildman–Crippen LogP) is 1.88. The van der Waals surface area contributed by atoms with E-state index in [4.69, 9.17) is 0 Å². The van der Waals surface area contributed by atoms with E-state index in [1.165, 1.54) is 12.1 Å². The summed E-state index contributed by atoms with van der Waals surface area (Å²) in [5, 5.41) is 13.6. The lowest BCUT2D eigenvalue weighted by atomic mass is 9.95. The summed E-state index contributed by atoms with van der Waals surface area (Å²) in [4.78, 5) is 0. The second kappa shape index (κ2) is 5.10. The van der Waals surface area contributed by atoms with Crippen LogP contribution in [-0.2, 0) is 13.5 Å². The molecule has 0 bridgehead atoms. The first-order chi connectivity index (χ1) is 8.19. The van der Waals surface area contributed by atoms with E-state index in [1.807, 2.05) is 25.4 Å². The van der Waals surface area contributed by atoms with Gasteiger partial charge < -0.3 is 5.11 Å². The molecule has 90 valence electrons. The number of aliphatic hydroxyl groups excluding tert-OH is 1. The van der Waals surface area contributed by atoms with Gasteiger partial charge in [0.25, 0.3) is 0 Å². The summed E-state index contributed by atoms with van der Waals surface area (Å²) < 4.78 is 14.8. The summed E-state index contributed by atoms with van der Waals surface area (Å²) in [5.41, 5.74) is 1.70. The van der Waals surface area contributed by atoms with Gasteiger partial charge in [0.1, 0.15) is 5.82 Å². The number of hydrogen-bond donors (Lipinski definition) is 1. The van der Waals surface area contributed by atoms with E-state index in [0.29, 0.717) is 6.42 Å². The predicted molar refractivity (Wildman–Crippen MR) is 63.1 cm³/mol. The summed E-state index contributed by atoms with van der Waals surface area (Å²) in [6, 6.07) is 8.25. The Balaban J connectivity index is 2.16. The molecule has 2 aromatic rings. The molecule has 1 aromatic heterocycles. The number of hydrogen-bond acceptors (Lipinski definition) is 2. The standard InChI is InChI=1S/C13H15FN2O/c1-16-6-5-13(15-16)8-11(9-17)10-3-2-4-12(14)7-10/h2-7,11,17H,8-9H2,1H3.